The quantitative estimate of drug-likeness (QED) is 0.639. The van der Waals surface area contributed by atoms with E-state index < -0.39 is 0 Å². The van der Waals surface area contributed by atoms with Crippen LogP contribution in [0.15, 0.2) is 54.7 Å². The van der Waals surface area contributed by atoms with E-state index >= 15 is 0 Å². The van der Waals surface area contributed by atoms with E-state index in [9.17, 15) is 4.79 Å². The van der Waals surface area contributed by atoms with Gasteiger partial charge in [-0.25, -0.2) is 9.97 Å². The second-order valence-electron chi connectivity index (χ2n) is 6.74. The monoisotopic (exact) mass is 376 g/mol. The molecule has 2 aromatic carbocycles. The number of hydrogen-bond donors (Lipinski definition) is 2. The fourth-order valence-electron chi connectivity index (χ4n) is 2.93. The van der Waals surface area contributed by atoms with Crippen LogP contribution in [0.1, 0.15) is 41.4 Å². The number of anilines is 3. The number of rotatable bonds is 6. The van der Waals surface area contributed by atoms with Gasteiger partial charge in [-0.05, 0) is 42.2 Å². The van der Waals surface area contributed by atoms with Crippen molar-refractivity contribution in [2.45, 2.75) is 26.7 Å². The highest BCUT2D eigenvalue weighted by molar-refractivity contribution is 6.03. The fourth-order valence-corrected chi connectivity index (χ4v) is 2.93. The van der Waals surface area contributed by atoms with Crippen molar-refractivity contribution in [1.29, 1.82) is 0 Å². The third-order valence-corrected chi connectivity index (χ3v) is 4.41. The molecule has 0 radical (unpaired) electrons. The van der Waals surface area contributed by atoms with E-state index in [1.807, 2.05) is 31.2 Å². The van der Waals surface area contributed by atoms with Crippen molar-refractivity contribution in [2.75, 3.05) is 17.7 Å². The number of nitrogens with zero attached hydrogens (tertiary/aromatic N) is 2. The molecule has 3 aromatic rings. The maximum absolute atomic E-state index is 12.6. The zero-order valence-corrected chi connectivity index (χ0v) is 16.5. The van der Waals surface area contributed by atoms with Crippen LogP contribution in [-0.2, 0) is 0 Å². The number of para-hydroxylation sites is 3. The molecule has 1 aromatic heterocycles. The molecule has 28 heavy (non-hydrogen) atoms. The van der Waals surface area contributed by atoms with E-state index in [2.05, 4.69) is 40.5 Å². The van der Waals surface area contributed by atoms with Gasteiger partial charge in [-0.3, -0.25) is 4.79 Å². The maximum atomic E-state index is 12.6. The zero-order valence-electron chi connectivity index (χ0n) is 16.5. The van der Waals surface area contributed by atoms with E-state index in [1.54, 1.807) is 31.5 Å². The second-order valence-corrected chi connectivity index (χ2v) is 6.74. The number of nitrogens with one attached hydrogen (secondary N) is 2. The zero-order chi connectivity index (χ0) is 20.1. The Balaban J connectivity index is 1.84. The van der Waals surface area contributed by atoms with Gasteiger partial charge in [0.05, 0.1) is 12.8 Å². The highest BCUT2D eigenvalue weighted by atomic mass is 16.5. The molecule has 3 rings (SSSR count). The summed E-state index contributed by atoms with van der Waals surface area (Å²) in [7, 11) is 1.56. The lowest BCUT2D eigenvalue weighted by Crippen LogP contribution is -2.15. The van der Waals surface area contributed by atoms with Crippen LogP contribution in [0.4, 0.5) is 17.3 Å². The Morgan fingerprint density at radius 2 is 1.86 bits per heavy atom. The Morgan fingerprint density at radius 1 is 1.07 bits per heavy atom. The highest BCUT2D eigenvalue weighted by Crippen LogP contribution is 2.29. The molecule has 0 aliphatic heterocycles. The first-order valence-corrected chi connectivity index (χ1v) is 9.13. The molecular weight excluding hydrogens is 352 g/mol. The molecule has 0 spiro atoms. The topological polar surface area (TPSA) is 76.1 Å². The van der Waals surface area contributed by atoms with Crippen molar-refractivity contribution in [3.05, 3.63) is 71.5 Å². The van der Waals surface area contributed by atoms with Gasteiger partial charge in [-0.2, -0.15) is 0 Å². The van der Waals surface area contributed by atoms with Gasteiger partial charge in [-0.1, -0.05) is 44.2 Å². The molecule has 0 aliphatic carbocycles. The summed E-state index contributed by atoms with van der Waals surface area (Å²) >= 11 is 0. The maximum Gasteiger partial charge on any atom is 0.274 e. The number of carbonyl (C=O) groups is 1. The van der Waals surface area contributed by atoms with E-state index in [0.717, 1.165) is 11.3 Å². The van der Waals surface area contributed by atoms with Crippen molar-refractivity contribution in [3.8, 4) is 5.75 Å². The predicted molar refractivity (Wildman–Crippen MR) is 112 cm³/mol. The van der Waals surface area contributed by atoms with E-state index in [0.29, 0.717) is 23.3 Å². The minimum atomic E-state index is -0.330. The molecule has 6 nitrogen and oxygen atoms in total. The largest absolute Gasteiger partial charge is 0.495 e. The summed E-state index contributed by atoms with van der Waals surface area (Å²) < 4.78 is 5.27. The normalized spacial score (nSPS) is 10.6. The van der Waals surface area contributed by atoms with Crippen molar-refractivity contribution in [3.63, 3.8) is 0 Å². The van der Waals surface area contributed by atoms with E-state index in [4.69, 9.17) is 4.74 Å². The summed E-state index contributed by atoms with van der Waals surface area (Å²) in [5.74, 6) is 0.983. The van der Waals surface area contributed by atoms with Crippen LogP contribution >= 0.6 is 0 Å². The van der Waals surface area contributed by atoms with Gasteiger partial charge < -0.3 is 15.4 Å². The fraction of sp³-hybridized carbons (Fsp3) is 0.227. The number of benzene rings is 2. The Labute approximate surface area is 165 Å². The highest BCUT2D eigenvalue weighted by Gasteiger charge is 2.14. The molecule has 0 bridgehead atoms. The van der Waals surface area contributed by atoms with E-state index in [-0.39, 0.29) is 11.6 Å². The van der Waals surface area contributed by atoms with Crippen molar-refractivity contribution >= 4 is 23.2 Å². The Morgan fingerprint density at radius 3 is 2.61 bits per heavy atom. The number of methoxy groups -OCH3 is 1. The predicted octanol–water partition coefficient (Wildman–Crippen LogP) is 4.91. The standard InChI is InChI=1S/C22H24N4O2/c1-14(2)16-9-7-8-15(3)20(16)26-22-23-13-12-18(25-22)21(27)24-17-10-5-6-11-19(17)28-4/h5-14H,1-4H3,(H,24,27)(H,23,25,26). The average Bonchev–Trinajstić information content (AvgIpc) is 2.70. The van der Waals surface area contributed by atoms with Gasteiger partial charge >= 0.3 is 0 Å². The Bertz CT molecular complexity index is 986. The molecule has 0 atom stereocenters. The first-order chi connectivity index (χ1) is 13.5. The molecule has 0 saturated heterocycles. The SMILES string of the molecule is COc1ccccc1NC(=O)c1ccnc(Nc2c(C)cccc2C(C)C)n1. The molecule has 0 fully saturated rings. The average molecular weight is 376 g/mol. The first kappa shape index (κ1) is 19.4. The number of hydrogen-bond acceptors (Lipinski definition) is 5. The van der Waals surface area contributed by atoms with Crippen LogP contribution in [-0.4, -0.2) is 23.0 Å². The molecule has 6 heteroatoms. The summed E-state index contributed by atoms with van der Waals surface area (Å²) in [6.07, 6.45) is 1.57. The van der Waals surface area contributed by atoms with Gasteiger partial charge in [0.2, 0.25) is 5.95 Å². The number of amides is 1. The Kier molecular flexibility index (Phi) is 5.89. The van der Waals surface area contributed by atoms with Crippen molar-refractivity contribution < 1.29 is 9.53 Å². The minimum Gasteiger partial charge on any atom is -0.495 e. The van der Waals surface area contributed by atoms with Crippen LogP contribution in [0.2, 0.25) is 0 Å². The van der Waals surface area contributed by atoms with Crippen LogP contribution in [0, 0.1) is 6.92 Å². The number of ether oxygens (including phenoxy) is 1. The molecule has 0 unspecified atom stereocenters. The van der Waals surface area contributed by atoms with Gasteiger partial charge in [0.15, 0.2) is 0 Å². The van der Waals surface area contributed by atoms with Crippen LogP contribution < -0.4 is 15.4 Å². The summed E-state index contributed by atoms with van der Waals surface area (Å²) in [5.41, 5.74) is 4.10. The lowest BCUT2D eigenvalue weighted by atomic mass is 9.98. The molecule has 0 saturated carbocycles. The molecular formula is C22H24N4O2. The van der Waals surface area contributed by atoms with Gasteiger partial charge in [0, 0.05) is 11.9 Å². The summed E-state index contributed by atoms with van der Waals surface area (Å²) in [6, 6.07) is 15.0. The minimum absolute atomic E-state index is 0.267. The molecule has 1 heterocycles. The summed E-state index contributed by atoms with van der Waals surface area (Å²) in [4.78, 5) is 21.3. The Hall–Kier alpha value is -3.41. The lowest BCUT2D eigenvalue weighted by molar-refractivity contribution is 0.102. The third kappa shape index (κ3) is 4.28. The van der Waals surface area contributed by atoms with Gasteiger partial charge in [0.1, 0.15) is 11.4 Å². The molecule has 144 valence electrons. The van der Waals surface area contributed by atoms with Gasteiger partial charge in [-0.15, -0.1) is 0 Å². The molecule has 1 amide bonds. The van der Waals surface area contributed by atoms with Crippen molar-refractivity contribution in [1.82, 2.24) is 9.97 Å². The molecule has 0 aliphatic rings. The van der Waals surface area contributed by atoms with Gasteiger partial charge in [0.25, 0.3) is 5.91 Å². The number of carbonyl (C=O) groups excluding carboxylic acids is 1. The summed E-state index contributed by atoms with van der Waals surface area (Å²) in [5, 5.41) is 6.10. The van der Waals surface area contributed by atoms with Crippen LogP contribution in [0.3, 0.4) is 0 Å². The molecule has 2 N–H and O–H groups in total. The van der Waals surface area contributed by atoms with Crippen molar-refractivity contribution in [2.24, 2.45) is 0 Å². The summed E-state index contributed by atoms with van der Waals surface area (Å²) in [6.45, 7) is 6.31. The van der Waals surface area contributed by atoms with E-state index in [1.165, 1.54) is 5.56 Å². The van der Waals surface area contributed by atoms with Crippen LogP contribution in [0.5, 0.6) is 5.75 Å². The number of aromatic nitrogens is 2. The third-order valence-electron chi connectivity index (χ3n) is 4.41. The van der Waals surface area contributed by atoms with Crippen LogP contribution in [0.25, 0.3) is 0 Å². The lowest BCUT2D eigenvalue weighted by Gasteiger charge is -2.16. The second kappa shape index (κ2) is 8.52. The first-order valence-electron chi connectivity index (χ1n) is 9.13. The smallest absolute Gasteiger partial charge is 0.274 e. The number of aryl methyl sites for hydroxylation is 1.